The maximum Gasteiger partial charge on any atom is 0.0908 e. The van der Waals surface area contributed by atoms with Crippen molar-refractivity contribution in [1.82, 2.24) is 19.9 Å². The van der Waals surface area contributed by atoms with E-state index in [9.17, 15) is 0 Å². The lowest BCUT2D eigenvalue weighted by atomic mass is 10.1. The fraction of sp³-hybridized carbons (Fsp3) is 0. The smallest absolute Gasteiger partial charge is 0.0908 e. The van der Waals surface area contributed by atoms with Crippen LogP contribution in [0.2, 0.25) is 0 Å². The molecular weight excluding hydrogens is 248 g/mol. The van der Waals surface area contributed by atoms with Crippen molar-refractivity contribution in [3.05, 3.63) is 61.2 Å². The predicted molar refractivity (Wildman–Crippen MR) is 78.1 cm³/mol. The van der Waals surface area contributed by atoms with Crippen molar-refractivity contribution < 1.29 is 0 Å². The Labute approximate surface area is 115 Å². The van der Waals surface area contributed by atoms with Gasteiger partial charge in [0.2, 0.25) is 0 Å². The minimum absolute atomic E-state index is 0.821. The van der Waals surface area contributed by atoms with E-state index in [1.54, 1.807) is 18.6 Å². The topological polar surface area (TPSA) is 51.6 Å². The Morgan fingerprint density at radius 3 is 2.70 bits per heavy atom. The van der Waals surface area contributed by atoms with Crippen LogP contribution in [0.25, 0.3) is 33.2 Å². The van der Waals surface area contributed by atoms with Crippen LogP contribution in [-0.4, -0.2) is 19.9 Å². The van der Waals surface area contributed by atoms with E-state index in [1.807, 2.05) is 42.6 Å². The molecule has 0 atom stereocenters. The zero-order chi connectivity index (χ0) is 13.4. The summed E-state index contributed by atoms with van der Waals surface area (Å²) < 4.78 is 0. The molecule has 0 spiro atoms. The second kappa shape index (κ2) is 4.35. The third kappa shape index (κ3) is 1.78. The third-order valence-electron chi connectivity index (χ3n) is 3.24. The van der Waals surface area contributed by atoms with Crippen molar-refractivity contribution >= 4 is 21.8 Å². The molecule has 0 aromatic carbocycles. The van der Waals surface area contributed by atoms with Crippen LogP contribution in [0.1, 0.15) is 0 Å². The highest BCUT2D eigenvalue weighted by atomic mass is 14.8. The van der Waals surface area contributed by atoms with Gasteiger partial charge >= 0.3 is 0 Å². The molecule has 4 heterocycles. The van der Waals surface area contributed by atoms with Gasteiger partial charge in [0.1, 0.15) is 0 Å². The fourth-order valence-corrected chi connectivity index (χ4v) is 2.22. The molecule has 4 rings (SSSR count). The van der Waals surface area contributed by atoms with Crippen LogP contribution in [0.4, 0.5) is 0 Å². The minimum atomic E-state index is 0.821. The molecule has 0 saturated carbocycles. The molecule has 94 valence electrons. The van der Waals surface area contributed by atoms with Crippen molar-refractivity contribution in [3.8, 4) is 11.4 Å². The lowest BCUT2D eigenvalue weighted by Crippen LogP contribution is -1.90. The average molecular weight is 258 g/mol. The van der Waals surface area contributed by atoms with Gasteiger partial charge in [-0.1, -0.05) is 6.07 Å². The van der Waals surface area contributed by atoms with Gasteiger partial charge in [-0.2, -0.15) is 0 Å². The molecule has 0 N–H and O–H groups in total. The number of fused-ring (bicyclic) bond motifs is 2. The SMILES string of the molecule is c1cnc2cc(-c3ccc4ccncc4n3)ncc2c1. The first-order chi connectivity index (χ1) is 9.90. The molecule has 4 nitrogen and oxygen atoms in total. The molecule has 0 aliphatic rings. The van der Waals surface area contributed by atoms with Crippen LogP contribution in [0.5, 0.6) is 0 Å². The average Bonchev–Trinajstić information content (AvgIpc) is 2.54. The summed E-state index contributed by atoms with van der Waals surface area (Å²) in [6.07, 6.45) is 7.14. The highest BCUT2D eigenvalue weighted by Gasteiger charge is 2.04. The maximum absolute atomic E-state index is 4.60. The summed E-state index contributed by atoms with van der Waals surface area (Å²) in [6, 6.07) is 11.8. The Morgan fingerprint density at radius 2 is 1.70 bits per heavy atom. The molecule has 0 aliphatic carbocycles. The standard InChI is InChI=1S/C16H10N4/c1-2-12-9-19-15(8-14(12)18-6-1)13-4-3-11-5-7-17-10-16(11)20-13/h1-10H. The summed E-state index contributed by atoms with van der Waals surface area (Å²) in [5, 5.41) is 2.10. The van der Waals surface area contributed by atoms with Crippen molar-refractivity contribution in [2.75, 3.05) is 0 Å². The van der Waals surface area contributed by atoms with E-state index in [-0.39, 0.29) is 0 Å². The zero-order valence-electron chi connectivity index (χ0n) is 10.6. The fourth-order valence-electron chi connectivity index (χ4n) is 2.22. The zero-order valence-corrected chi connectivity index (χ0v) is 10.6. The highest BCUT2D eigenvalue weighted by Crippen LogP contribution is 2.21. The van der Waals surface area contributed by atoms with E-state index < -0.39 is 0 Å². The Morgan fingerprint density at radius 1 is 0.700 bits per heavy atom. The van der Waals surface area contributed by atoms with Crippen LogP contribution in [-0.2, 0) is 0 Å². The first-order valence-corrected chi connectivity index (χ1v) is 6.32. The summed E-state index contributed by atoms with van der Waals surface area (Å²) >= 11 is 0. The Kier molecular flexibility index (Phi) is 2.39. The number of hydrogen-bond donors (Lipinski definition) is 0. The number of nitrogens with zero attached hydrogens (tertiary/aromatic N) is 4. The molecule has 0 fully saturated rings. The Balaban J connectivity index is 1.91. The normalized spacial score (nSPS) is 11.0. The van der Waals surface area contributed by atoms with Gasteiger partial charge in [0.05, 0.1) is 28.6 Å². The van der Waals surface area contributed by atoms with Crippen LogP contribution in [0.3, 0.4) is 0 Å². The van der Waals surface area contributed by atoms with Gasteiger partial charge in [-0.25, -0.2) is 4.98 Å². The Bertz CT molecular complexity index is 841. The second-order valence-electron chi connectivity index (χ2n) is 4.53. The van der Waals surface area contributed by atoms with Gasteiger partial charge in [-0.05, 0) is 30.3 Å². The summed E-state index contributed by atoms with van der Waals surface area (Å²) in [7, 11) is 0. The van der Waals surface area contributed by atoms with Gasteiger partial charge in [0, 0.05) is 29.4 Å². The van der Waals surface area contributed by atoms with Gasteiger partial charge in [-0.15, -0.1) is 0 Å². The molecular formula is C16H10N4. The van der Waals surface area contributed by atoms with E-state index in [4.69, 9.17) is 0 Å². The quantitative estimate of drug-likeness (QED) is 0.526. The molecule has 0 radical (unpaired) electrons. The summed E-state index contributed by atoms with van der Waals surface area (Å²) in [6.45, 7) is 0. The monoisotopic (exact) mass is 258 g/mol. The van der Waals surface area contributed by atoms with Crippen LogP contribution in [0, 0.1) is 0 Å². The van der Waals surface area contributed by atoms with Crippen LogP contribution >= 0.6 is 0 Å². The molecule has 0 amide bonds. The second-order valence-corrected chi connectivity index (χ2v) is 4.53. The molecule has 4 heteroatoms. The number of rotatable bonds is 1. The molecule has 0 aliphatic heterocycles. The number of pyridine rings is 4. The van der Waals surface area contributed by atoms with Crippen LogP contribution in [0.15, 0.2) is 61.2 Å². The van der Waals surface area contributed by atoms with Crippen LogP contribution < -0.4 is 0 Å². The van der Waals surface area contributed by atoms with Crippen molar-refractivity contribution in [2.45, 2.75) is 0 Å². The molecule has 4 aromatic rings. The lowest BCUT2D eigenvalue weighted by molar-refractivity contribution is 1.26. The van der Waals surface area contributed by atoms with Crippen molar-refractivity contribution in [1.29, 1.82) is 0 Å². The predicted octanol–water partition coefficient (Wildman–Crippen LogP) is 3.24. The van der Waals surface area contributed by atoms with Gasteiger partial charge in [0.15, 0.2) is 0 Å². The maximum atomic E-state index is 4.60. The van der Waals surface area contributed by atoms with E-state index in [2.05, 4.69) is 19.9 Å². The van der Waals surface area contributed by atoms with Gasteiger partial charge in [-0.3, -0.25) is 15.0 Å². The molecule has 0 saturated heterocycles. The van der Waals surface area contributed by atoms with E-state index in [0.29, 0.717) is 0 Å². The van der Waals surface area contributed by atoms with Crippen molar-refractivity contribution in [3.63, 3.8) is 0 Å². The summed E-state index contributed by atoms with van der Waals surface area (Å²) in [4.78, 5) is 17.5. The molecule has 20 heavy (non-hydrogen) atoms. The van der Waals surface area contributed by atoms with E-state index in [0.717, 1.165) is 33.2 Å². The third-order valence-corrected chi connectivity index (χ3v) is 3.24. The van der Waals surface area contributed by atoms with Crippen molar-refractivity contribution in [2.24, 2.45) is 0 Å². The van der Waals surface area contributed by atoms with E-state index in [1.165, 1.54) is 0 Å². The molecule has 0 unspecified atom stereocenters. The highest BCUT2D eigenvalue weighted by molar-refractivity contribution is 5.83. The molecule has 4 aromatic heterocycles. The first-order valence-electron chi connectivity index (χ1n) is 6.32. The summed E-state index contributed by atoms with van der Waals surface area (Å²) in [5.74, 6) is 0. The van der Waals surface area contributed by atoms with Gasteiger partial charge in [0.25, 0.3) is 0 Å². The number of hydrogen-bond acceptors (Lipinski definition) is 4. The largest absolute Gasteiger partial charge is 0.262 e. The first kappa shape index (κ1) is 11.0. The minimum Gasteiger partial charge on any atom is -0.262 e. The lowest BCUT2D eigenvalue weighted by Gasteiger charge is -2.03. The Hall–Kier alpha value is -2.88. The molecule has 0 bridgehead atoms. The number of aromatic nitrogens is 4. The van der Waals surface area contributed by atoms with E-state index >= 15 is 0 Å². The van der Waals surface area contributed by atoms with Gasteiger partial charge < -0.3 is 0 Å². The summed E-state index contributed by atoms with van der Waals surface area (Å²) in [5.41, 5.74) is 3.44.